The maximum absolute atomic E-state index is 12.2. The van der Waals surface area contributed by atoms with E-state index in [1.54, 1.807) is 29.0 Å². The molecule has 4 aromatic heterocycles. The topological polar surface area (TPSA) is 98.2 Å². The highest BCUT2D eigenvalue weighted by atomic mass is 79.9. The summed E-state index contributed by atoms with van der Waals surface area (Å²) in [5.74, 6) is 0.528. The fourth-order valence-electron chi connectivity index (χ4n) is 2.97. The number of carbonyl (C=O) groups excluding carboxylic acids is 1. The number of hydrogen-bond acceptors (Lipinski definition) is 6. The number of carbonyl (C=O) groups is 1. The van der Waals surface area contributed by atoms with E-state index in [0.29, 0.717) is 21.8 Å². The summed E-state index contributed by atoms with van der Waals surface area (Å²) in [6.45, 7) is 0. The van der Waals surface area contributed by atoms with Crippen LogP contribution in [0.15, 0.2) is 82.1 Å². The SMILES string of the molecule is O=C(Nc1ccc(-c2ccc3nnc(-c4cccnc4)n3n2)cc1)c1ccc(Br)o1. The summed E-state index contributed by atoms with van der Waals surface area (Å²) in [6.07, 6.45) is 3.43. The molecule has 9 heteroatoms. The van der Waals surface area contributed by atoms with Crippen LogP contribution in [-0.4, -0.2) is 30.7 Å². The minimum Gasteiger partial charge on any atom is -0.444 e. The van der Waals surface area contributed by atoms with Gasteiger partial charge in [-0.2, -0.15) is 9.61 Å². The van der Waals surface area contributed by atoms with Crippen molar-refractivity contribution in [1.82, 2.24) is 24.8 Å². The van der Waals surface area contributed by atoms with Crippen LogP contribution in [-0.2, 0) is 0 Å². The molecule has 30 heavy (non-hydrogen) atoms. The zero-order chi connectivity index (χ0) is 20.5. The molecule has 0 fully saturated rings. The van der Waals surface area contributed by atoms with Crippen molar-refractivity contribution < 1.29 is 9.21 Å². The number of rotatable bonds is 4. The molecule has 0 unspecified atom stereocenters. The average molecular weight is 461 g/mol. The maximum Gasteiger partial charge on any atom is 0.291 e. The van der Waals surface area contributed by atoms with Gasteiger partial charge in [0, 0.05) is 29.2 Å². The van der Waals surface area contributed by atoms with Gasteiger partial charge in [0.25, 0.3) is 5.91 Å². The number of amides is 1. The van der Waals surface area contributed by atoms with E-state index in [4.69, 9.17) is 4.42 Å². The van der Waals surface area contributed by atoms with Gasteiger partial charge in [-0.05, 0) is 64.5 Å². The van der Waals surface area contributed by atoms with Gasteiger partial charge in [-0.3, -0.25) is 9.78 Å². The Labute approximate surface area is 178 Å². The molecule has 1 amide bonds. The predicted octanol–water partition coefficient (Wildman–Crippen LogP) is 4.46. The largest absolute Gasteiger partial charge is 0.444 e. The van der Waals surface area contributed by atoms with Crippen molar-refractivity contribution in [2.45, 2.75) is 0 Å². The van der Waals surface area contributed by atoms with Crippen molar-refractivity contribution in [2.24, 2.45) is 0 Å². The van der Waals surface area contributed by atoms with Crippen molar-refractivity contribution in [3.8, 4) is 22.6 Å². The fraction of sp³-hybridized carbons (Fsp3) is 0. The molecule has 0 aliphatic heterocycles. The first-order chi connectivity index (χ1) is 14.7. The van der Waals surface area contributed by atoms with Crippen molar-refractivity contribution in [1.29, 1.82) is 0 Å². The molecule has 0 aliphatic carbocycles. The monoisotopic (exact) mass is 460 g/mol. The first-order valence-corrected chi connectivity index (χ1v) is 9.77. The summed E-state index contributed by atoms with van der Waals surface area (Å²) in [6, 6.07) is 18.2. The second-order valence-electron chi connectivity index (χ2n) is 6.39. The smallest absolute Gasteiger partial charge is 0.291 e. The van der Waals surface area contributed by atoms with E-state index in [-0.39, 0.29) is 11.7 Å². The van der Waals surface area contributed by atoms with Gasteiger partial charge < -0.3 is 9.73 Å². The number of fused-ring (bicyclic) bond motifs is 1. The molecule has 4 heterocycles. The van der Waals surface area contributed by atoms with E-state index in [9.17, 15) is 4.79 Å². The maximum atomic E-state index is 12.2. The molecule has 5 aromatic rings. The Balaban J connectivity index is 1.42. The third kappa shape index (κ3) is 3.46. The summed E-state index contributed by atoms with van der Waals surface area (Å²) < 4.78 is 7.46. The molecule has 0 bridgehead atoms. The quantitative estimate of drug-likeness (QED) is 0.425. The van der Waals surface area contributed by atoms with E-state index in [1.807, 2.05) is 48.5 Å². The predicted molar refractivity (Wildman–Crippen MR) is 114 cm³/mol. The Morgan fingerprint density at radius 1 is 0.967 bits per heavy atom. The Hall–Kier alpha value is -3.85. The first-order valence-electron chi connectivity index (χ1n) is 8.97. The minimum absolute atomic E-state index is 0.230. The van der Waals surface area contributed by atoms with Gasteiger partial charge in [0.15, 0.2) is 21.9 Å². The first kappa shape index (κ1) is 18.2. The highest BCUT2D eigenvalue weighted by Gasteiger charge is 2.12. The second-order valence-corrected chi connectivity index (χ2v) is 7.17. The van der Waals surface area contributed by atoms with Gasteiger partial charge >= 0.3 is 0 Å². The number of aromatic nitrogens is 5. The lowest BCUT2D eigenvalue weighted by Crippen LogP contribution is -2.10. The lowest BCUT2D eigenvalue weighted by atomic mass is 10.1. The molecule has 8 nitrogen and oxygen atoms in total. The Morgan fingerprint density at radius 3 is 2.57 bits per heavy atom. The Kier molecular flexibility index (Phi) is 4.56. The lowest BCUT2D eigenvalue weighted by Gasteiger charge is -2.06. The number of nitrogens with zero attached hydrogens (tertiary/aromatic N) is 5. The van der Waals surface area contributed by atoms with Gasteiger partial charge in [-0.15, -0.1) is 10.2 Å². The summed E-state index contributed by atoms with van der Waals surface area (Å²) >= 11 is 3.19. The number of nitrogens with one attached hydrogen (secondary N) is 1. The van der Waals surface area contributed by atoms with Crippen LogP contribution in [0.2, 0.25) is 0 Å². The molecule has 1 aromatic carbocycles. The van der Waals surface area contributed by atoms with Crippen LogP contribution in [0.25, 0.3) is 28.3 Å². The lowest BCUT2D eigenvalue weighted by molar-refractivity contribution is 0.0995. The van der Waals surface area contributed by atoms with Crippen LogP contribution < -0.4 is 5.32 Å². The van der Waals surface area contributed by atoms with Crippen LogP contribution >= 0.6 is 15.9 Å². The number of furan rings is 1. The zero-order valence-electron chi connectivity index (χ0n) is 15.4. The molecule has 0 radical (unpaired) electrons. The molecule has 0 aliphatic rings. The van der Waals surface area contributed by atoms with Crippen LogP contribution in [0.4, 0.5) is 5.69 Å². The standard InChI is InChI=1S/C21H13BrN6O2/c22-18-9-8-17(30-18)21(29)24-15-5-3-13(4-6-15)16-7-10-19-25-26-20(28(19)27-16)14-2-1-11-23-12-14/h1-12H,(H,24,29). The third-order valence-corrected chi connectivity index (χ3v) is 4.84. The Morgan fingerprint density at radius 2 is 1.83 bits per heavy atom. The second kappa shape index (κ2) is 7.53. The molecule has 0 atom stereocenters. The molecule has 146 valence electrons. The van der Waals surface area contributed by atoms with Crippen molar-refractivity contribution in [3.63, 3.8) is 0 Å². The van der Waals surface area contributed by atoms with E-state index >= 15 is 0 Å². The molecular weight excluding hydrogens is 448 g/mol. The highest BCUT2D eigenvalue weighted by molar-refractivity contribution is 9.10. The van der Waals surface area contributed by atoms with E-state index in [1.165, 1.54) is 0 Å². The van der Waals surface area contributed by atoms with Crippen molar-refractivity contribution in [2.75, 3.05) is 5.32 Å². The number of hydrogen-bond donors (Lipinski definition) is 1. The summed E-state index contributed by atoms with van der Waals surface area (Å²) in [5, 5.41) is 15.9. The molecule has 0 saturated carbocycles. The zero-order valence-corrected chi connectivity index (χ0v) is 16.9. The van der Waals surface area contributed by atoms with Gasteiger partial charge in [-0.1, -0.05) is 12.1 Å². The number of anilines is 1. The average Bonchev–Trinajstić information content (AvgIpc) is 3.41. The molecule has 0 saturated heterocycles. The molecule has 1 N–H and O–H groups in total. The van der Waals surface area contributed by atoms with Gasteiger partial charge in [0.1, 0.15) is 0 Å². The van der Waals surface area contributed by atoms with Crippen LogP contribution in [0, 0.1) is 0 Å². The van der Waals surface area contributed by atoms with E-state index < -0.39 is 0 Å². The number of halogens is 1. The van der Waals surface area contributed by atoms with Gasteiger partial charge in [0.05, 0.1) is 5.69 Å². The fourth-order valence-corrected chi connectivity index (χ4v) is 3.28. The Bertz CT molecular complexity index is 1350. The molecule has 5 rings (SSSR count). The number of pyridine rings is 1. The minimum atomic E-state index is -0.321. The summed E-state index contributed by atoms with van der Waals surface area (Å²) in [7, 11) is 0. The normalized spacial score (nSPS) is 11.0. The third-order valence-electron chi connectivity index (χ3n) is 4.42. The van der Waals surface area contributed by atoms with E-state index in [0.717, 1.165) is 16.8 Å². The van der Waals surface area contributed by atoms with Gasteiger partial charge in [-0.25, -0.2) is 0 Å². The van der Waals surface area contributed by atoms with Crippen LogP contribution in [0.5, 0.6) is 0 Å². The highest BCUT2D eigenvalue weighted by Crippen LogP contribution is 2.23. The van der Waals surface area contributed by atoms with E-state index in [2.05, 4.69) is 41.5 Å². The molecule has 0 spiro atoms. The summed E-state index contributed by atoms with van der Waals surface area (Å²) in [5.41, 5.74) is 3.77. The number of benzene rings is 1. The van der Waals surface area contributed by atoms with Crippen LogP contribution in [0.3, 0.4) is 0 Å². The van der Waals surface area contributed by atoms with Gasteiger partial charge in [0.2, 0.25) is 0 Å². The van der Waals surface area contributed by atoms with Crippen LogP contribution in [0.1, 0.15) is 10.6 Å². The molecular formula is C21H13BrN6O2. The van der Waals surface area contributed by atoms with Crippen molar-refractivity contribution >= 4 is 33.2 Å². The van der Waals surface area contributed by atoms with Crippen molar-refractivity contribution in [3.05, 3.63) is 83.5 Å². The summed E-state index contributed by atoms with van der Waals surface area (Å²) in [4.78, 5) is 16.3.